The largest absolute Gasteiger partial charge is 0.465 e. The van der Waals surface area contributed by atoms with Crippen molar-refractivity contribution in [2.45, 2.75) is 6.04 Å². The first kappa shape index (κ1) is 15.1. The molecule has 110 valence electrons. The van der Waals surface area contributed by atoms with Crippen LogP contribution in [0.3, 0.4) is 0 Å². The van der Waals surface area contributed by atoms with E-state index in [1.807, 2.05) is 32.3 Å². The molecule has 1 atom stereocenters. The van der Waals surface area contributed by atoms with Gasteiger partial charge in [0.05, 0.1) is 12.3 Å². The molecule has 0 spiro atoms. The van der Waals surface area contributed by atoms with Gasteiger partial charge in [-0.3, -0.25) is 4.79 Å². The lowest BCUT2D eigenvalue weighted by atomic mass is 10.1. The van der Waals surface area contributed by atoms with E-state index >= 15 is 0 Å². The average molecular weight is 284 g/mol. The van der Waals surface area contributed by atoms with Crippen LogP contribution in [0.15, 0.2) is 59.2 Å². The number of nitrogens with one attached hydrogen (secondary N) is 1. The molecule has 0 aliphatic rings. The molecule has 0 aliphatic carbocycles. The maximum Gasteiger partial charge on any atom is 0.244 e. The van der Waals surface area contributed by atoms with Crippen LogP contribution in [0.2, 0.25) is 0 Å². The van der Waals surface area contributed by atoms with Crippen molar-refractivity contribution in [2.75, 3.05) is 20.6 Å². The third-order valence-electron chi connectivity index (χ3n) is 3.22. The number of rotatable bonds is 6. The molecular weight excluding hydrogens is 264 g/mol. The van der Waals surface area contributed by atoms with Crippen LogP contribution in [0.25, 0.3) is 6.08 Å². The first-order valence-corrected chi connectivity index (χ1v) is 6.87. The van der Waals surface area contributed by atoms with E-state index in [-0.39, 0.29) is 11.9 Å². The normalized spacial score (nSPS) is 12.7. The highest BCUT2D eigenvalue weighted by Crippen LogP contribution is 2.16. The predicted octanol–water partition coefficient (Wildman–Crippen LogP) is 2.71. The van der Waals surface area contributed by atoms with Crippen molar-refractivity contribution >= 4 is 12.0 Å². The number of likely N-dealkylation sites (N-methyl/N-ethyl adjacent to an activating group) is 1. The average Bonchev–Trinajstić information content (AvgIpc) is 2.99. The van der Waals surface area contributed by atoms with Crippen LogP contribution in [0.1, 0.15) is 17.4 Å². The smallest absolute Gasteiger partial charge is 0.244 e. The van der Waals surface area contributed by atoms with E-state index in [2.05, 4.69) is 22.3 Å². The number of furan rings is 1. The van der Waals surface area contributed by atoms with Crippen LogP contribution in [0.5, 0.6) is 0 Å². The molecule has 2 rings (SSSR count). The molecule has 1 aromatic heterocycles. The molecule has 1 N–H and O–H groups in total. The highest BCUT2D eigenvalue weighted by Gasteiger charge is 2.14. The summed E-state index contributed by atoms with van der Waals surface area (Å²) in [5, 5.41) is 2.92. The van der Waals surface area contributed by atoms with Gasteiger partial charge in [0.2, 0.25) is 5.91 Å². The molecule has 4 heteroatoms. The Bertz CT molecular complexity index is 574. The Balaban J connectivity index is 1.92. The van der Waals surface area contributed by atoms with Crippen molar-refractivity contribution in [1.29, 1.82) is 0 Å². The summed E-state index contributed by atoms with van der Waals surface area (Å²) in [6.07, 6.45) is 4.72. The molecule has 1 aromatic carbocycles. The molecular formula is C17H20N2O2. The highest BCUT2D eigenvalue weighted by atomic mass is 16.3. The van der Waals surface area contributed by atoms with Crippen molar-refractivity contribution in [1.82, 2.24) is 10.2 Å². The van der Waals surface area contributed by atoms with Crippen LogP contribution < -0.4 is 5.32 Å². The number of nitrogens with zero attached hydrogens (tertiary/aromatic N) is 1. The van der Waals surface area contributed by atoms with Crippen LogP contribution in [-0.4, -0.2) is 31.4 Å². The first-order valence-electron chi connectivity index (χ1n) is 6.87. The molecule has 0 saturated carbocycles. The standard InChI is InChI=1S/C17H20N2O2/c1-19(2)16(14-7-4-3-5-8-14)13-18-17(20)11-10-15-9-6-12-21-15/h3-12,16H,13H2,1-2H3,(H,18,20). The zero-order valence-corrected chi connectivity index (χ0v) is 12.3. The Labute approximate surface area is 125 Å². The number of benzene rings is 1. The van der Waals surface area contributed by atoms with Gasteiger partial charge >= 0.3 is 0 Å². The van der Waals surface area contributed by atoms with Crippen LogP contribution in [-0.2, 0) is 4.79 Å². The van der Waals surface area contributed by atoms with Gasteiger partial charge in [0, 0.05) is 12.6 Å². The first-order chi connectivity index (χ1) is 10.2. The second kappa shape index (κ2) is 7.45. The molecule has 0 fully saturated rings. The number of carbonyl (C=O) groups is 1. The van der Waals surface area contributed by atoms with E-state index in [1.165, 1.54) is 11.6 Å². The molecule has 1 heterocycles. The van der Waals surface area contributed by atoms with E-state index in [1.54, 1.807) is 24.5 Å². The topological polar surface area (TPSA) is 45.5 Å². The van der Waals surface area contributed by atoms with Crippen molar-refractivity contribution in [3.05, 3.63) is 66.1 Å². The van der Waals surface area contributed by atoms with Crippen molar-refractivity contribution in [3.8, 4) is 0 Å². The zero-order chi connectivity index (χ0) is 15.1. The molecule has 1 amide bonds. The van der Waals surface area contributed by atoms with Crippen LogP contribution in [0, 0.1) is 0 Å². The fraction of sp³-hybridized carbons (Fsp3) is 0.235. The molecule has 1 unspecified atom stereocenters. The molecule has 0 saturated heterocycles. The zero-order valence-electron chi connectivity index (χ0n) is 12.3. The molecule has 0 aliphatic heterocycles. The number of amides is 1. The minimum atomic E-state index is -0.130. The van der Waals surface area contributed by atoms with Gasteiger partial charge < -0.3 is 14.6 Å². The van der Waals surface area contributed by atoms with Gasteiger partial charge in [0.25, 0.3) is 0 Å². The van der Waals surface area contributed by atoms with Crippen molar-refractivity contribution in [3.63, 3.8) is 0 Å². The maximum absolute atomic E-state index is 11.8. The van der Waals surface area contributed by atoms with Gasteiger partial charge in [0.1, 0.15) is 5.76 Å². The molecule has 0 radical (unpaired) electrons. The van der Waals surface area contributed by atoms with E-state index in [0.29, 0.717) is 12.3 Å². The lowest BCUT2D eigenvalue weighted by molar-refractivity contribution is -0.116. The van der Waals surface area contributed by atoms with Crippen LogP contribution in [0.4, 0.5) is 0 Å². The van der Waals surface area contributed by atoms with E-state index in [4.69, 9.17) is 4.42 Å². The summed E-state index contributed by atoms with van der Waals surface area (Å²) in [6.45, 7) is 0.554. The Kier molecular flexibility index (Phi) is 5.35. The second-order valence-corrected chi connectivity index (χ2v) is 4.98. The van der Waals surface area contributed by atoms with Gasteiger partial charge in [-0.1, -0.05) is 30.3 Å². The highest BCUT2D eigenvalue weighted by molar-refractivity contribution is 5.91. The Hall–Kier alpha value is -2.33. The summed E-state index contributed by atoms with van der Waals surface area (Å²) in [5.74, 6) is 0.534. The van der Waals surface area contributed by atoms with Crippen LogP contribution >= 0.6 is 0 Å². The Morgan fingerprint density at radius 3 is 2.62 bits per heavy atom. The number of hydrogen-bond donors (Lipinski definition) is 1. The minimum Gasteiger partial charge on any atom is -0.465 e. The van der Waals surface area contributed by atoms with Gasteiger partial charge in [-0.2, -0.15) is 0 Å². The fourth-order valence-electron chi connectivity index (χ4n) is 2.07. The fourth-order valence-corrected chi connectivity index (χ4v) is 2.07. The Morgan fingerprint density at radius 2 is 2.00 bits per heavy atom. The molecule has 4 nitrogen and oxygen atoms in total. The van der Waals surface area contributed by atoms with Gasteiger partial charge in [-0.15, -0.1) is 0 Å². The summed E-state index contributed by atoms with van der Waals surface area (Å²) in [7, 11) is 4.00. The lowest BCUT2D eigenvalue weighted by Gasteiger charge is -2.24. The molecule has 0 bridgehead atoms. The third-order valence-corrected chi connectivity index (χ3v) is 3.22. The van der Waals surface area contributed by atoms with E-state index < -0.39 is 0 Å². The SMILES string of the molecule is CN(C)C(CNC(=O)C=Cc1ccco1)c1ccccc1. The van der Waals surface area contributed by atoms with E-state index in [0.717, 1.165) is 0 Å². The summed E-state index contributed by atoms with van der Waals surface area (Å²) in [5.41, 5.74) is 1.18. The maximum atomic E-state index is 11.8. The van der Waals surface area contributed by atoms with E-state index in [9.17, 15) is 4.79 Å². The lowest BCUT2D eigenvalue weighted by Crippen LogP contribution is -2.33. The van der Waals surface area contributed by atoms with Crippen molar-refractivity contribution < 1.29 is 9.21 Å². The van der Waals surface area contributed by atoms with Gasteiger partial charge in [0.15, 0.2) is 0 Å². The summed E-state index contributed by atoms with van der Waals surface area (Å²) in [6, 6.07) is 13.9. The summed E-state index contributed by atoms with van der Waals surface area (Å²) >= 11 is 0. The summed E-state index contributed by atoms with van der Waals surface area (Å²) in [4.78, 5) is 13.9. The second-order valence-electron chi connectivity index (χ2n) is 4.98. The minimum absolute atomic E-state index is 0.130. The van der Waals surface area contributed by atoms with Crippen molar-refractivity contribution in [2.24, 2.45) is 0 Å². The predicted molar refractivity (Wildman–Crippen MR) is 83.6 cm³/mol. The van der Waals surface area contributed by atoms with Gasteiger partial charge in [-0.05, 0) is 37.9 Å². The Morgan fingerprint density at radius 1 is 1.24 bits per heavy atom. The molecule has 21 heavy (non-hydrogen) atoms. The quantitative estimate of drug-likeness (QED) is 0.830. The number of carbonyl (C=O) groups excluding carboxylic acids is 1. The monoisotopic (exact) mass is 284 g/mol. The molecule has 2 aromatic rings. The summed E-state index contributed by atoms with van der Waals surface area (Å²) < 4.78 is 5.14. The number of hydrogen-bond acceptors (Lipinski definition) is 3. The van der Waals surface area contributed by atoms with Gasteiger partial charge in [-0.25, -0.2) is 0 Å². The third kappa shape index (κ3) is 4.61.